The Kier molecular flexibility index (Phi) is 5.08. The smallest absolute Gasteiger partial charge is 0.255 e. The van der Waals surface area contributed by atoms with Crippen molar-refractivity contribution in [3.63, 3.8) is 0 Å². The summed E-state index contributed by atoms with van der Waals surface area (Å²) in [6.45, 7) is 1.21. The Balaban J connectivity index is 1.50. The average Bonchev–Trinajstić information content (AvgIpc) is 3.10. The maximum Gasteiger partial charge on any atom is 0.255 e. The molecule has 0 atom stereocenters. The van der Waals surface area contributed by atoms with E-state index >= 15 is 0 Å². The number of ether oxygens (including phenoxy) is 2. The van der Waals surface area contributed by atoms with E-state index in [1.807, 2.05) is 41.8 Å². The molecule has 0 aliphatic carbocycles. The van der Waals surface area contributed by atoms with Crippen LogP contribution in [0.15, 0.2) is 60.0 Å². The lowest BCUT2D eigenvalue weighted by Gasteiger charge is -2.10. The number of rotatable bonds is 2. The molecule has 1 N–H and O–H groups in total. The fourth-order valence-corrected chi connectivity index (χ4v) is 3.24. The van der Waals surface area contributed by atoms with Crippen LogP contribution in [0.25, 0.3) is 0 Å². The summed E-state index contributed by atoms with van der Waals surface area (Å²) >= 11 is 1.60. The van der Waals surface area contributed by atoms with Crippen molar-refractivity contribution in [3.8, 4) is 23.3 Å². The highest BCUT2D eigenvalue weighted by molar-refractivity contribution is 7.10. The minimum Gasteiger partial charge on any atom is -0.490 e. The van der Waals surface area contributed by atoms with E-state index < -0.39 is 0 Å². The summed E-state index contributed by atoms with van der Waals surface area (Å²) in [5.41, 5.74) is 2.07. The molecule has 0 fully saturated rings. The van der Waals surface area contributed by atoms with Crippen LogP contribution in [0, 0.1) is 11.8 Å². The topological polar surface area (TPSA) is 47.6 Å². The number of amides is 1. The van der Waals surface area contributed by atoms with Crippen molar-refractivity contribution in [1.29, 1.82) is 0 Å². The van der Waals surface area contributed by atoms with Gasteiger partial charge in [-0.3, -0.25) is 4.79 Å². The van der Waals surface area contributed by atoms with Gasteiger partial charge < -0.3 is 14.8 Å². The first kappa shape index (κ1) is 17.2. The molecular formula is C22H17NO3S. The summed E-state index contributed by atoms with van der Waals surface area (Å²) in [7, 11) is 0. The lowest BCUT2D eigenvalue weighted by molar-refractivity contribution is 0.102. The van der Waals surface area contributed by atoms with Gasteiger partial charge in [-0.1, -0.05) is 24.0 Å². The molecular weight excluding hydrogens is 358 g/mol. The van der Waals surface area contributed by atoms with Crippen LogP contribution >= 0.6 is 11.3 Å². The zero-order chi connectivity index (χ0) is 18.5. The Labute approximate surface area is 161 Å². The SMILES string of the molecule is O=C(Nc1cccc(C#Cc2cccs2)c1)c1ccc2c(c1)OCCCO2. The zero-order valence-electron chi connectivity index (χ0n) is 14.5. The molecule has 0 saturated heterocycles. The largest absolute Gasteiger partial charge is 0.490 e. The first-order valence-electron chi connectivity index (χ1n) is 8.64. The van der Waals surface area contributed by atoms with E-state index in [4.69, 9.17) is 9.47 Å². The monoisotopic (exact) mass is 375 g/mol. The average molecular weight is 375 g/mol. The molecule has 3 aromatic rings. The predicted molar refractivity (Wildman–Crippen MR) is 107 cm³/mol. The number of anilines is 1. The predicted octanol–water partition coefficient (Wildman–Crippen LogP) is 4.56. The maximum absolute atomic E-state index is 12.6. The minimum atomic E-state index is -0.200. The van der Waals surface area contributed by atoms with Crippen molar-refractivity contribution in [2.45, 2.75) is 6.42 Å². The van der Waals surface area contributed by atoms with E-state index in [2.05, 4.69) is 17.2 Å². The van der Waals surface area contributed by atoms with Crippen molar-refractivity contribution >= 4 is 22.9 Å². The molecule has 1 amide bonds. The van der Waals surface area contributed by atoms with Gasteiger partial charge in [0.25, 0.3) is 5.91 Å². The summed E-state index contributed by atoms with van der Waals surface area (Å²) in [5.74, 6) is 7.32. The third-order valence-corrected chi connectivity index (χ3v) is 4.77. The van der Waals surface area contributed by atoms with Gasteiger partial charge in [0.1, 0.15) is 0 Å². The fourth-order valence-electron chi connectivity index (χ4n) is 2.67. The molecule has 1 aliphatic rings. The van der Waals surface area contributed by atoms with Gasteiger partial charge in [-0.05, 0) is 47.8 Å². The number of thiophene rings is 1. The number of nitrogens with one attached hydrogen (secondary N) is 1. The second kappa shape index (κ2) is 7.98. The number of hydrogen-bond acceptors (Lipinski definition) is 4. The molecule has 2 aromatic carbocycles. The van der Waals surface area contributed by atoms with Crippen LogP contribution in [0.3, 0.4) is 0 Å². The highest BCUT2D eigenvalue weighted by Gasteiger charge is 2.14. The van der Waals surface area contributed by atoms with Crippen LogP contribution < -0.4 is 14.8 Å². The molecule has 5 heteroatoms. The normalized spacial score (nSPS) is 12.4. The lowest BCUT2D eigenvalue weighted by Crippen LogP contribution is -2.12. The van der Waals surface area contributed by atoms with Gasteiger partial charge in [-0.15, -0.1) is 11.3 Å². The van der Waals surface area contributed by atoms with E-state index in [0.717, 1.165) is 16.9 Å². The molecule has 0 radical (unpaired) electrons. The van der Waals surface area contributed by atoms with E-state index in [0.29, 0.717) is 36.0 Å². The minimum absolute atomic E-state index is 0.200. The number of carbonyl (C=O) groups is 1. The van der Waals surface area contributed by atoms with E-state index in [1.54, 1.807) is 29.5 Å². The van der Waals surface area contributed by atoms with Gasteiger partial charge in [0.2, 0.25) is 0 Å². The number of carbonyl (C=O) groups excluding carboxylic acids is 1. The van der Waals surface area contributed by atoms with Gasteiger partial charge in [0.05, 0.1) is 18.1 Å². The third-order valence-electron chi connectivity index (χ3n) is 3.98. The highest BCUT2D eigenvalue weighted by Crippen LogP contribution is 2.30. The Morgan fingerprint density at radius 3 is 2.70 bits per heavy atom. The van der Waals surface area contributed by atoms with Gasteiger partial charge in [-0.2, -0.15) is 0 Å². The molecule has 2 heterocycles. The zero-order valence-corrected chi connectivity index (χ0v) is 15.3. The number of benzene rings is 2. The summed E-state index contributed by atoms with van der Waals surface area (Å²) in [5, 5.41) is 4.91. The van der Waals surface area contributed by atoms with Crippen LogP contribution in [0.4, 0.5) is 5.69 Å². The summed E-state index contributed by atoms with van der Waals surface area (Å²) < 4.78 is 11.3. The molecule has 0 bridgehead atoms. The van der Waals surface area contributed by atoms with Crippen LogP contribution in [-0.2, 0) is 0 Å². The van der Waals surface area contributed by atoms with Gasteiger partial charge >= 0.3 is 0 Å². The maximum atomic E-state index is 12.6. The van der Waals surface area contributed by atoms with Crippen molar-refractivity contribution in [2.75, 3.05) is 18.5 Å². The fraction of sp³-hybridized carbons (Fsp3) is 0.136. The Morgan fingerprint density at radius 2 is 1.85 bits per heavy atom. The first-order chi connectivity index (χ1) is 13.3. The third kappa shape index (κ3) is 4.30. The molecule has 134 valence electrons. The van der Waals surface area contributed by atoms with Crippen molar-refractivity contribution < 1.29 is 14.3 Å². The molecule has 4 rings (SSSR count). The molecule has 0 unspecified atom stereocenters. The van der Waals surface area contributed by atoms with Crippen LogP contribution in [0.1, 0.15) is 27.2 Å². The van der Waals surface area contributed by atoms with E-state index in [-0.39, 0.29) is 5.91 Å². The standard InChI is InChI=1S/C22H17NO3S/c24-22(17-8-10-20-21(15-17)26-12-3-11-25-20)23-18-5-1-4-16(14-18)7-9-19-6-2-13-27-19/h1-2,4-6,8,10,13-15H,3,11-12H2,(H,23,24). The quantitative estimate of drug-likeness (QED) is 0.668. The number of fused-ring (bicyclic) bond motifs is 1. The van der Waals surface area contributed by atoms with E-state index in [9.17, 15) is 4.79 Å². The van der Waals surface area contributed by atoms with Crippen LogP contribution in [-0.4, -0.2) is 19.1 Å². The second-order valence-corrected chi connectivity index (χ2v) is 6.92. The molecule has 1 aromatic heterocycles. The van der Waals surface area contributed by atoms with Crippen LogP contribution in [0.2, 0.25) is 0 Å². The molecule has 4 nitrogen and oxygen atoms in total. The lowest BCUT2D eigenvalue weighted by atomic mass is 10.1. The van der Waals surface area contributed by atoms with Crippen molar-refractivity contribution in [2.24, 2.45) is 0 Å². The second-order valence-electron chi connectivity index (χ2n) is 5.97. The molecule has 0 spiro atoms. The summed E-state index contributed by atoms with van der Waals surface area (Å²) in [6.07, 6.45) is 0.829. The van der Waals surface area contributed by atoms with E-state index in [1.165, 1.54) is 0 Å². The Morgan fingerprint density at radius 1 is 0.963 bits per heavy atom. The van der Waals surface area contributed by atoms with Gasteiger partial charge in [-0.25, -0.2) is 0 Å². The van der Waals surface area contributed by atoms with Crippen molar-refractivity contribution in [1.82, 2.24) is 0 Å². The van der Waals surface area contributed by atoms with Gasteiger partial charge in [0.15, 0.2) is 11.5 Å². The molecule has 1 aliphatic heterocycles. The number of hydrogen-bond donors (Lipinski definition) is 1. The van der Waals surface area contributed by atoms with Gasteiger partial charge in [0, 0.05) is 23.2 Å². The first-order valence-corrected chi connectivity index (χ1v) is 9.52. The van der Waals surface area contributed by atoms with Crippen LogP contribution in [0.5, 0.6) is 11.5 Å². The van der Waals surface area contributed by atoms with Crippen molar-refractivity contribution in [3.05, 3.63) is 76.0 Å². The highest BCUT2D eigenvalue weighted by atomic mass is 32.1. The summed E-state index contributed by atoms with van der Waals surface area (Å²) in [6, 6.07) is 16.7. The Hall–Kier alpha value is -3.23. The molecule has 27 heavy (non-hydrogen) atoms. The molecule has 0 saturated carbocycles. The Bertz CT molecular complexity index is 1020. The summed E-state index contributed by atoms with van der Waals surface area (Å²) in [4.78, 5) is 13.6.